The van der Waals surface area contributed by atoms with E-state index in [-0.39, 0.29) is 0 Å². The van der Waals surface area contributed by atoms with Gasteiger partial charge in [-0.25, -0.2) is 0 Å². The summed E-state index contributed by atoms with van der Waals surface area (Å²) >= 11 is 0. The third kappa shape index (κ3) is 2.32. The van der Waals surface area contributed by atoms with Gasteiger partial charge in [0.2, 0.25) is 0 Å². The van der Waals surface area contributed by atoms with Crippen molar-refractivity contribution in [3.63, 3.8) is 0 Å². The van der Waals surface area contributed by atoms with Gasteiger partial charge >= 0.3 is 0 Å². The van der Waals surface area contributed by atoms with Crippen LogP contribution >= 0.6 is 0 Å². The average molecular weight is 237 g/mol. The third-order valence-electron chi connectivity index (χ3n) is 3.77. The third-order valence-corrected chi connectivity index (χ3v) is 3.77. The molecule has 0 fully saturated rings. The number of nitrogens with one attached hydrogen (secondary N) is 1. The van der Waals surface area contributed by atoms with E-state index in [0.29, 0.717) is 6.04 Å². The molecule has 1 unspecified atom stereocenters. The van der Waals surface area contributed by atoms with Gasteiger partial charge in [0.05, 0.1) is 0 Å². The molecule has 2 aromatic rings. The van der Waals surface area contributed by atoms with Gasteiger partial charge in [-0.3, -0.25) is 0 Å². The highest BCUT2D eigenvalue weighted by atomic mass is 14.9. The SMILES string of the molecule is Cc1cccc(CNC2CCc3ccccc32)c1. The molecule has 1 aliphatic rings. The summed E-state index contributed by atoms with van der Waals surface area (Å²) in [6.45, 7) is 3.11. The lowest BCUT2D eigenvalue weighted by atomic mass is 10.1. The quantitative estimate of drug-likeness (QED) is 0.856. The van der Waals surface area contributed by atoms with Crippen LogP contribution in [0.15, 0.2) is 48.5 Å². The molecule has 1 nitrogen and oxygen atoms in total. The maximum absolute atomic E-state index is 3.68. The van der Waals surface area contributed by atoms with Crippen LogP contribution in [0.25, 0.3) is 0 Å². The molecule has 2 aromatic carbocycles. The van der Waals surface area contributed by atoms with E-state index in [1.54, 1.807) is 0 Å². The van der Waals surface area contributed by atoms with E-state index in [4.69, 9.17) is 0 Å². The summed E-state index contributed by atoms with van der Waals surface area (Å²) in [5.41, 5.74) is 5.71. The molecule has 1 aliphatic carbocycles. The molecule has 1 atom stereocenters. The van der Waals surface area contributed by atoms with Crippen molar-refractivity contribution in [2.75, 3.05) is 0 Å². The van der Waals surface area contributed by atoms with E-state index in [9.17, 15) is 0 Å². The molecular formula is C17H19N. The minimum atomic E-state index is 0.529. The minimum absolute atomic E-state index is 0.529. The molecular weight excluding hydrogens is 218 g/mol. The topological polar surface area (TPSA) is 12.0 Å². The molecule has 0 spiro atoms. The van der Waals surface area contributed by atoms with Crippen molar-refractivity contribution >= 4 is 0 Å². The monoisotopic (exact) mass is 237 g/mol. The fraction of sp³-hybridized carbons (Fsp3) is 0.294. The first kappa shape index (κ1) is 11.5. The molecule has 0 saturated heterocycles. The van der Waals surface area contributed by atoms with Gasteiger partial charge in [-0.1, -0.05) is 54.1 Å². The lowest BCUT2D eigenvalue weighted by Gasteiger charge is -2.14. The molecule has 18 heavy (non-hydrogen) atoms. The second-order valence-electron chi connectivity index (χ2n) is 5.16. The van der Waals surface area contributed by atoms with E-state index in [1.807, 2.05) is 0 Å². The maximum atomic E-state index is 3.68. The van der Waals surface area contributed by atoms with Crippen molar-refractivity contribution < 1.29 is 0 Å². The van der Waals surface area contributed by atoms with E-state index < -0.39 is 0 Å². The summed E-state index contributed by atoms with van der Waals surface area (Å²) in [7, 11) is 0. The molecule has 1 N–H and O–H groups in total. The van der Waals surface area contributed by atoms with Crippen LogP contribution in [0.1, 0.15) is 34.7 Å². The molecule has 0 radical (unpaired) electrons. The van der Waals surface area contributed by atoms with Crippen LogP contribution in [0.5, 0.6) is 0 Å². The van der Waals surface area contributed by atoms with Gasteiger partial charge < -0.3 is 5.32 Å². The van der Waals surface area contributed by atoms with Crippen LogP contribution in [0.3, 0.4) is 0 Å². The average Bonchev–Trinajstić information content (AvgIpc) is 2.80. The van der Waals surface area contributed by atoms with Gasteiger partial charge in [0, 0.05) is 12.6 Å². The van der Waals surface area contributed by atoms with Crippen LogP contribution in [-0.4, -0.2) is 0 Å². The number of benzene rings is 2. The van der Waals surface area contributed by atoms with Gasteiger partial charge in [-0.2, -0.15) is 0 Å². The van der Waals surface area contributed by atoms with Crippen molar-refractivity contribution in [3.8, 4) is 0 Å². The van der Waals surface area contributed by atoms with Crippen molar-refractivity contribution in [1.29, 1.82) is 0 Å². The van der Waals surface area contributed by atoms with Crippen molar-refractivity contribution in [1.82, 2.24) is 5.32 Å². The van der Waals surface area contributed by atoms with Gasteiger partial charge in [-0.15, -0.1) is 0 Å². The Hall–Kier alpha value is -1.60. The molecule has 92 valence electrons. The van der Waals surface area contributed by atoms with E-state index >= 15 is 0 Å². The Bertz CT molecular complexity index is 545. The lowest BCUT2D eigenvalue weighted by Crippen LogP contribution is -2.18. The second kappa shape index (κ2) is 4.95. The Morgan fingerprint density at radius 1 is 1.11 bits per heavy atom. The zero-order chi connectivity index (χ0) is 12.4. The van der Waals surface area contributed by atoms with Crippen LogP contribution in [-0.2, 0) is 13.0 Å². The van der Waals surface area contributed by atoms with Crippen molar-refractivity contribution in [3.05, 3.63) is 70.8 Å². The smallest absolute Gasteiger partial charge is 0.0329 e. The van der Waals surface area contributed by atoms with E-state index in [2.05, 4.69) is 60.8 Å². The van der Waals surface area contributed by atoms with Crippen LogP contribution in [0, 0.1) is 6.92 Å². The summed E-state index contributed by atoms with van der Waals surface area (Å²) < 4.78 is 0. The van der Waals surface area contributed by atoms with Gasteiger partial charge in [0.25, 0.3) is 0 Å². The fourth-order valence-corrected chi connectivity index (χ4v) is 2.83. The number of hydrogen-bond donors (Lipinski definition) is 1. The Balaban J connectivity index is 1.69. The van der Waals surface area contributed by atoms with Gasteiger partial charge in [-0.05, 0) is 36.5 Å². The van der Waals surface area contributed by atoms with Crippen LogP contribution < -0.4 is 5.32 Å². The van der Waals surface area contributed by atoms with E-state index in [0.717, 1.165) is 6.54 Å². The Morgan fingerprint density at radius 3 is 2.89 bits per heavy atom. The van der Waals surface area contributed by atoms with Crippen LogP contribution in [0.2, 0.25) is 0 Å². The molecule has 0 aliphatic heterocycles. The highest BCUT2D eigenvalue weighted by molar-refractivity contribution is 5.34. The molecule has 1 heteroatoms. The summed E-state index contributed by atoms with van der Waals surface area (Å²) in [6.07, 6.45) is 2.44. The number of rotatable bonds is 3. The molecule has 3 rings (SSSR count). The summed E-state index contributed by atoms with van der Waals surface area (Å²) in [4.78, 5) is 0. The molecule has 0 bridgehead atoms. The first-order chi connectivity index (χ1) is 8.83. The first-order valence-corrected chi connectivity index (χ1v) is 6.69. The predicted octanol–water partition coefficient (Wildman–Crippen LogP) is 3.77. The number of aryl methyl sites for hydroxylation is 2. The Kier molecular flexibility index (Phi) is 3.16. The fourth-order valence-electron chi connectivity index (χ4n) is 2.83. The second-order valence-corrected chi connectivity index (χ2v) is 5.16. The summed E-state index contributed by atoms with van der Waals surface area (Å²) in [5, 5.41) is 3.68. The largest absolute Gasteiger partial charge is 0.306 e. The molecule has 0 saturated carbocycles. The van der Waals surface area contributed by atoms with Crippen molar-refractivity contribution in [2.45, 2.75) is 32.4 Å². The normalized spacial score (nSPS) is 17.7. The summed E-state index contributed by atoms with van der Waals surface area (Å²) in [6, 6.07) is 18.1. The predicted molar refractivity (Wildman–Crippen MR) is 75.5 cm³/mol. The standard InChI is InChI=1S/C17H19N/c1-13-5-4-6-14(11-13)12-18-17-10-9-15-7-2-3-8-16(15)17/h2-8,11,17-18H,9-10,12H2,1H3. The number of fused-ring (bicyclic) bond motifs is 1. The first-order valence-electron chi connectivity index (χ1n) is 6.69. The Labute approximate surface area is 109 Å². The van der Waals surface area contributed by atoms with Crippen LogP contribution in [0.4, 0.5) is 0 Å². The Morgan fingerprint density at radius 2 is 2.00 bits per heavy atom. The molecule has 0 aromatic heterocycles. The van der Waals surface area contributed by atoms with E-state index in [1.165, 1.54) is 35.1 Å². The van der Waals surface area contributed by atoms with Gasteiger partial charge in [0.15, 0.2) is 0 Å². The minimum Gasteiger partial charge on any atom is -0.306 e. The maximum Gasteiger partial charge on any atom is 0.0329 e. The van der Waals surface area contributed by atoms with Gasteiger partial charge in [0.1, 0.15) is 0 Å². The zero-order valence-electron chi connectivity index (χ0n) is 10.8. The molecule has 0 heterocycles. The lowest BCUT2D eigenvalue weighted by molar-refractivity contribution is 0.530. The molecule has 0 amide bonds. The highest BCUT2D eigenvalue weighted by Crippen LogP contribution is 2.30. The summed E-state index contributed by atoms with van der Waals surface area (Å²) in [5.74, 6) is 0. The number of hydrogen-bond acceptors (Lipinski definition) is 1. The van der Waals surface area contributed by atoms with Crippen molar-refractivity contribution in [2.24, 2.45) is 0 Å². The highest BCUT2D eigenvalue weighted by Gasteiger charge is 2.20. The zero-order valence-corrected chi connectivity index (χ0v) is 10.8.